The maximum Gasteiger partial charge on any atom is 0.230 e. The first-order valence-electron chi connectivity index (χ1n) is 8.98. The second kappa shape index (κ2) is 8.86. The number of hydrogen-bond donors (Lipinski definition) is 1. The highest BCUT2D eigenvalue weighted by Crippen LogP contribution is 2.24. The van der Waals surface area contributed by atoms with Crippen molar-refractivity contribution >= 4 is 17.7 Å². The molecule has 140 valence electrons. The molecule has 0 radical (unpaired) electrons. The molecule has 0 bridgehead atoms. The van der Waals surface area contributed by atoms with Gasteiger partial charge in [0.25, 0.3) is 0 Å². The van der Waals surface area contributed by atoms with E-state index in [9.17, 15) is 4.79 Å². The standard InChI is InChI=1S/C21H24N4OS/c1-15(2)19(16-10-6-4-7-11-16)22-18(26)14-27-21-24-23-20(25(21)3)17-12-8-5-9-13-17/h4-13,15,19H,14H2,1-3H3,(H,22,26). The maximum absolute atomic E-state index is 12.5. The van der Waals surface area contributed by atoms with Crippen LogP contribution in [0.25, 0.3) is 11.4 Å². The summed E-state index contributed by atoms with van der Waals surface area (Å²) in [6, 6.07) is 20.0. The molecule has 1 heterocycles. The largest absolute Gasteiger partial charge is 0.348 e. The minimum absolute atomic E-state index is 0.00123. The lowest BCUT2D eigenvalue weighted by molar-refractivity contribution is -0.119. The SMILES string of the molecule is CC(C)C(NC(=O)CSc1nnc(-c2ccccc2)n1C)c1ccccc1. The Kier molecular flexibility index (Phi) is 6.29. The molecule has 0 aliphatic rings. The Morgan fingerprint density at radius 2 is 1.67 bits per heavy atom. The molecular formula is C21H24N4OS. The lowest BCUT2D eigenvalue weighted by Gasteiger charge is -2.22. The molecular weight excluding hydrogens is 356 g/mol. The first kappa shape index (κ1) is 19.2. The zero-order valence-electron chi connectivity index (χ0n) is 15.8. The molecule has 2 aromatic carbocycles. The molecule has 1 aromatic heterocycles. The number of rotatable bonds is 7. The van der Waals surface area contributed by atoms with Crippen molar-refractivity contribution in [2.24, 2.45) is 13.0 Å². The van der Waals surface area contributed by atoms with E-state index < -0.39 is 0 Å². The molecule has 1 N–H and O–H groups in total. The Balaban J connectivity index is 1.63. The molecule has 0 spiro atoms. The molecule has 0 saturated carbocycles. The van der Waals surface area contributed by atoms with Gasteiger partial charge in [-0.3, -0.25) is 4.79 Å². The minimum Gasteiger partial charge on any atom is -0.348 e. The Labute approximate surface area is 164 Å². The zero-order valence-corrected chi connectivity index (χ0v) is 16.6. The molecule has 27 heavy (non-hydrogen) atoms. The summed E-state index contributed by atoms with van der Waals surface area (Å²) in [5, 5.41) is 12.4. The molecule has 1 atom stereocenters. The van der Waals surface area contributed by atoms with Crippen LogP contribution in [0.3, 0.4) is 0 Å². The van der Waals surface area contributed by atoms with Crippen LogP contribution in [0, 0.1) is 5.92 Å². The van der Waals surface area contributed by atoms with Gasteiger partial charge in [0.15, 0.2) is 11.0 Å². The van der Waals surface area contributed by atoms with Crippen molar-refractivity contribution in [2.75, 3.05) is 5.75 Å². The quantitative estimate of drug-likeness (QED) is 0.627. The lowest BCUT2D eigenvalue weighted by atomic mass is 9.96. The molecule has 0 aliphatic carbocycles. The number of aromatic nitrogens is 3. The third kappa shape index (κ3) is 4.77. The summed E-state index contributed by atoms with van der Waals surface area (Å²) in [7, 11) is 1.92. The number of nitrogens with zero attached hydrogens (tertiary/aromatic N) is 3. The van der Waals surface area contributed by atoms with Gasteiger partial charge in [-0.25, -0.2) is 0 Å². The van der Waals surface area contributed by atoms with Gasteiger partial charge in [0.1, 0.15) is 0 Å². The summed E-state index contributed by atoms with van der Waals surface area (Å²) in [5.74, 6) is 1.40. The van der Waals surface area contributed by atoms with Crippen LogP contribution in [0.2, 0.25) is 0 Å². The Morgan fingerprint density at radius 1 is 1.04 bits per heavy atom. The van der Waals surface area contributed by atoms with E-state index in [4.69, 9.17) is 0 Å². The van der Waals surface area contributed by atoms with Gasteiger partial charge in [0.2, 0.25) is 5.91 Å². The van der Waals surface area contributed by atoms with E-state index in [1.54, 1.807) is 0 Å². The van der Waals surface area contributed by atoms with Gasteiger partial charge in [0, 0.05) is 12.6 Å². The van der Waals surface area contributed by atoms with Gasteiger partial charge in [-0.1, -0.05) is 86.3 Å². The van der Waals surface area contributed by atoms with Gasteiger partial charge < -0.3 is 9.88 Å². The van der Waals surface area contributed by atoms with Crippen LogP contribution in [0.5, 0.6) is 0 Å². The van der Waals surface area contributed by atoms with Crippen LogP contribution in [0.1, 0.15) is 25.5 Å². The third-order valence-corrected chi connectivity index (χ3v) is 5.36. The summed E-state index contributed by atoms with van der Waals surface area (Å²) in [5.41, 5.74) is 2.13. The number of thioether (sulfide) groups is 1. The summed E-state index contributed by atoms with van der Waals surface area (Å²) in [6.07, 6.45) is 0. The van der Waals surface area contributed by atoms with Crippen LogP contribution in [0.15, 0.2) is 65.8 Å². The van der Waals surface area contributed by atoms with Gasteiger partial charge in [-0.15, -0.1) is 10.2 Å². The molecule has 0 fully saturated rings. The van der Waals surface area contributed by atoms with Gasteiger partial charge in [0.05, 0.1) is 11.8 Å². The van der Waals surface area contributed by atoms with E-state index in [0.717, 1.165) is 22.1 Å². The molecule has 3 rings (SSSR count). The molecule has 1 unspecified atom stereocenters. The number of carbonyl (C=O) groups is 1. The molecule has 0 aliphatic heterocycles. The Hall–Kier alpha value is -2.60. The van der Waals surface area contributed by atoms with Crippen molar-refractivity contribution < 1.29 is 4.79 Å². The first-order chi connectivity index (χ1) is 13.1. The van der Waals surface area contributed by atoms with E-state index in [0.29, 0.717) is 11.7 Å². The Bertz CT molecular complexity index is 878. The van der Waals surface area contributed by atoms with Crippen molar-refractivity contribution in [1.82, 2.24) is 20.1 Å². The molecule has 5 nitrogen and oxygen atoms in total. The van der Waals surface area contributed by atoms with E-state index in [1.807, 2.05) is 72.3 Å². The number of carbonyl (C=O) groups excluding carboxylic acids is 1. The second-order valence-corrected chi connectivity index (χ2v) is 7.66. The molecule has 1 amide bonds. The van der Waals surface area contributed by atoms with Crippen LogP contribution in [0.4, 0.5) is 0 Å². The predicted molar refractivity (Wildman–Crippen MR) is 109 cm³/mol. The highest BCUT2D eigenvalue weighted by atomic mass is 32.2. The normalized spacial score (nSPS) is 12.1. The van der Waals surface area contributed by atoms with E-state index in [1.165, 1.54) is 11.8 Å². The van der Waals surface area contributed by atoms with Crippen molar-refractivity contribution in [3.05, 3.63) is 66.2 Å². The average Bonchev–Trinajstić information content (AvgIpc) is 3.06. The van der Waals surface area contributed by atoms with Crippen LogP contribution >= 0.6 is 11.8 Å². The fraction of sp³-hybridized carbons (Fsp3) is 0.286. The highest BCUT2D eigenvalue weighted by molar-refractivity contribution is 7.99. The summed E-state index contributed by atoms with van der Waals surface area (Å²) in [6.45, 7) is 4.22. The smallest absolute Gasteiger partial charge is 0.230 e. The van der Waals surface area contributed by atoms with Crippen molar-refractivity contribution in [3.8, 4) is 11.4 Å². The predicted octanol–water partition coefficient (Wildman–Crippen LogP) is 4.09. The average molecular weight is 381 g/mol. The van der Waals surface area contributed by atoms with Gasteiger partial charge >= 0.3 is 0 Å². The third-order valence-electron chi connectivity index (χ3n) is 4.34. The van der Waals surface area contributed by atoms with Crippen molar-refractivity contribution in [1.29, 1.82) is 0 Å². The van der Waals surface area contributed by atoms with E-state index >= 15 is 0 Å². The topological polar surface area (TPSA) is 59.8 Å². The maximum atomic E-state index is 12.5. The molecule has 3 aromatic rings. The monoisotopic (exact) mass is 380 g/mol. The van der Waals surface area contributed by atoms with Crippen molar-refractivity contribution in [3.63, 3.8) is 0 Å². The van der Waals surface area contributed by atoms with Gasteiger partial charge in [-0.05, 0) is 11.5 Å². The molecule has 0 saturated heterocycles. The lowest BCUT2D eigenvalue weighted by Crippen LogP contribution is -2.33. The summed E-state index contributed by atoms with van der Waals surface area (Å²) >= 11 is 1.40. The fourth-order valence-corrected chi connectivity index (χ4v) is 3.64. The van der Waals surface area contributed by atoms with E-state index in [-0.39, 0.29) is 11.9 Å². The van der Waals surface area contributed by atoms with Gasteiger partial charge in [-0.2, -0.15) is 0 Å². The summed E-state index contributed by atoms with van der Waals surface area (Å²) in [4.78, 5) is 12.5. The minimum atomic E-state index is -0.00758. The number of hydrogen-bond acceptors (Lipinski definition) is 4. The molecule has 6 heteroatoms. The number of benzene rings is 2. The summed E-state index contributed by atoms with van der Waals surface area (Å²) < 4.78 is 1.92. The highest BCUT2D eigenvalue weighted by Gasteiger charge is 2.19. The van der Waals surface area contributed by atoms with Crippen LogP contribution < -0.4 is 5.32 Å². The zero-order chi connectivity index (χ0) is 19.2. The fourth-order valence-electron chi connectivity index (χ4n) is 2.92. The van der Waals surface area contributed by atoms with Crippen LogP contribution in [-0.4, -0.2) is 26.4 Å². The second-order valence-electron chi connectivity index (χ2n) is 6.72. The van der Waals surface area contributed by atoms with Crippen molar-refractivity contribution in [2.45, 2.75) is 25.0 Å². The van der Waals surface area contributed by atoms with E-state index in [2.05, 4.69) is 29.4 Å². The number of amides is 1. The van der Waals surface area contributed by atoms with Crippen LogP contribution in [-0.2, 0) is 11.8 Å². The Morgan fingerprint density at radius 3 is 2.30 bits per heavy atom. The first-order valence-corrected chi connectivity index (χ1v) is 9.96. The number of nitrogens with one attached hydrogen (secondary N) is 1.